The maximum Gasteiger partial charge on any atom is 0.407 e. The highest BCUT2D eigenvalue weighted by atomic mass is 19.1. The highest BCUT2D eigenvalue weighted by molar-refractivity contribution is 5.70. The van der Waals surface area contributed by atoms with Crippen LogP contribution in [0.4, 0.5) is 9.18 Å². The Labute approximate surface area is 190 Å². The maximum atomic E-state index is 15.2. The summed E-state index contributed by atoms with van der Waals surface area (Å²) in [4.78, 5) is 15.2. The Kier molecular flexibility index (Phi) is 5.48. The Morgan fingerprint density at radius 3 is 2.53 bits per heavy atom. The average Bonchev–Trinajstić information content (AvgIpc) is 3.03. The number of hydrogen-bond donors (Lipinski definition) is 1. The summed E-state index contributed by atoms with van der Waals surface area (Å²) >= 11 is 0. The molecular formula is C27H33FN2O2. The fourth-order valence-electron chi connectivity index (χ4n) is 5.82. The van der Waals surface area contributed by atoms with Gasteiger partial charge in [0.1, 0.15) is 11.9 Å². The largest absolute Gasteiger partial charge is 0.445 e. The van der Waals surface area contributed by atoms with E-state index < -0.39 is 0 Å². The van der Waals surface area contributed by atoms with Crippen molar-refractivity contribution in [2.24, 2.45) is 11.3 Å². The molecule has 3 heterocycles. The minimum absolute atomic E-state index is 0.0355. The van der Waals surface area contributed by atoms with Gasteiger partial charge in [-0.15, -0.1) is 0 Å². The molecule has 0 radical (unpaired) electrons. The zero-order valence-corrected chi connectivity index (χ0v) is 19.3. The quantitative estimate of drug-likeness (QED) is 0.688. The molecule has 3 saturated heterocycles. The number of rotatable bonds is 4. The minimum atomic E-state index is -0.380. The van der Waals surface area contributed by atoms with Gasteiger partial charge >= 0.3 is 6.09 Å². The zero-order valence-electron chi connectivity index (χ0n) is 19.3. The number of ether oxygens (including phenoxy) is 1. The van der Waals surface area contributed by atoms with Crippen molar-refractivity contribution in [3.05, 3.63) is 58.9 Å². The molecular weight excluding hydrogens is 403 g/mol. The van der Waals surface area contributed by atoms with Crippen LogP contribution >= 0.6 is 0 Å². The van der Waals surface area contributed by atoms with E-state index in [1.807, 2.05) is 18.2 Å². The van der Waals surface area contributed by atoms with E-state index in [0.29, 0.717) is 11.5 Å². The summed E-state index contributed by atoms with van der Waals surface area (Å²) in [5, 5.41) is 3.09. The second-order valence-electron chi connectivity index (χ2n) is 10.4. The van der Waals surface area contributed by atoms with Crippen LogP contribution in [0, 0.1) is 17.2 Å². The van der Waals surface area contributed by atoms with Gasteiger partial charge in [-0.1, -0.05) is 45.0 Å². The number of carbonyl (C=O) groups is 1. The molecule has 2 atom stereocenters. The van der Waals surface area contributed by atoms with E-state index in [0.717, 1.165) is 62.0 Å². The van der Waals surface area contributed by atoms with E-state index >= 15 is 4.39 Å². The maximum absolute atomic E-state index is 15.2. The van der Waals surface area contributed by atoms with Crippen LogP contribution < -0.4 is 5.32 Å². The van der Waals surface area contributed by atoms with E-state index in [9.17, 15) is 4.79 Å². The summed E-state index contributed by atoms with van der Waals surface area (Å²) < 4.78 is 21.1. The van der Waals surface area contributed by atoms with Gasteiger partial charge in [0.05, 0.1) is 6.04 Å². The molecule has 170 valence electrons. The average molecular weight is 437 g/mol. The third-order valence-corrected chi connectivity index (χ3v) is 7.76. The van der Waals surface area contributed by atoms with Gasteiger partial charge in [0.2, 0.25) is 0 Å². The molecule has 4 aliphatic rings. The lowest BCUT2D eigenvalue weighted by atomic mass is 9.85. The third-order valence-electron chi connectivity index (χ3n) is 7.76. The first-order valence-corrected chi connectivity index (χ1v) is 11.9. The number of benzene rings is 2. The Hall–Kier alpha value is -2.40. The van der Waals surface area contributed by atoms with Gasteiger partial charge in [0.15, 0.2) is 0 Å². The van der Waals surface area contributed by atoms with Gasteiger partial charge < -0.3 is 10.1 Å². The van der Waals surface area contributed by atoms with Crippen molar-refractivity contribution in [3.8, 4) is 11.1 Å². The van der Waals surface area contributed by atoms with Crippen molar-refractivity contribution in [2.75, 3.05) is 19.6 Å². The van der Waals surface area contributed by atoms with Crippen LogP contribution in [0.1, 0.15) is 56.3 Å². The Morgan fingerprint density at radius 1 is 1.19 bits per heavy atom. The van der Waals surface area contributed by atoms with Gasteiger partial charge in [0.25, 0.3) is 0 Å². The predicted molar refractivity (Wildman–Crippen MR) is 124 cm³/mol. The summed E-state index contributed by atoms with van der Waals surface area (Å²) in [5.41, 5.74) is 4.50. The molecule has 0 spiro atoms. The number of nitrogens with one attached hydrogen (secondary N) is 1. The molecule has 32 heavy (non-hydrogen) atoms. The normalized spacial score (nSPS) is 27.8. The molecule has 4 nitrogen and oxygen atoms in total. The first-order chi connectivity index (χ1) is 15.3. The summed E-state index contributed by atoms with van der Waals surface area (Å²) in [6.45, 7) is 9.41. The van der Waals surface area contributed by atoms with Crippen LogP contribution in [-0.4, -0.2) is 36.7 Å². The lowest BCUT2D eigenvalue weighted by molar-refractivity contribution is -0.0349. The molecule has 3 fully saturated rings. The topological polar surface area (TPSA) is 41.6 Å². The molecule has 2 aromatic carbocycles. The number of aryl methyl sites for hydroxylation is 1. The Morgan fingerprint density at radius 2 is 1.91 bits per heavy atom. The van der Waals surface area contributed by atoms with Gasteiger partial charge in [0, 0.05) is 12.1 Å². The Bertz CT molecular complexity index is 1010. The van der Waals surface area contributed by atoms with Crippen LogP contribution in [0.15, 0.2) is 36.4 Å². The summed E-state index contributed by atoms with van der Waals surface area (Å²) in [5.74, 6) is 0.219. The molecule has 1 aliphatic carbocycles. The summed E-state index contributed by atoms with van der Waals surface area (Å²) in [6.07, 6.45) is 3.53. The van der Waals surface area contributed by atoms with Gasteiger partial charge in [-0.25, -0.2) is 9.18 Å². The van der Waals surface area contributed by atoms with Crippen LogP contribution in [0.3, 0.4) is 0 Å². The molecule has 2 bridgehead atoms. The van der Waals surface area contributed by atoms with Gasteiger partial charge in [-0.2, -0.15) is 0 Å². The highest BCUT2D eigenvalue weighted by Gasteiger charge is 2.42. The van der Waals surface area contributed by atoms with E-state index in [2.05, 4.69) is 43.1 Å². The fourth-order valence-corrected chi connectivity index (χ4v) is 5.82. The number of piperidine rings is 3. The monoisotopic (exact) mass is 436 g/mol. The number of fused-ring (bicyclic) bond motifs is 4. The van der Waals surface area contributed by atoms with Crippen molar-refractivity contribution in [3.63, 3.8) is 0 Å². The van der Waals surface area contributed by atoms with Crippen LogP contribution in [0.5, 0.6) is 0 Å². The number of hydrogen-bond acceptors (Lipinski definition) is 3. The zero-order chi connectivity index (χ0) is 22.5. The standard InChI is InChI=1S/C27H33FN2O2/c1-4-17-5-7-18(8-6-17)21-13-20-15-27(2,3)25(22(20)14-23(21)28)29-26(31)32-24-16-30-11-9-19(24)10-12-30/h5-8,13-14,19,24-25H,4,9-12,15-16H2,1-3H3,(H,29,31)/t24-,25?/m0/s1. The van der Waals surface area contributed by atoms with Crippen molar-refractivity contribution >= 4 is 6.09 Å². The number of alkyl carbamates (subject to hydrolysis) is 1. The number of carbonyl (C=O) groups excluding carboxylic acids is 1. The number of nitrogens with zero attached hydrogens (tertiary/aromatic N) is 1. The molecule has 1 N–H and O–H groups in total. The van der Waals surface area contributed by atoms with Crippen molar-refractivity contribution in [2.45, 2.75) is 58.6 Å². The predicted octanol–water partition coefficient (Wildman–Crippen LogP) is 5.50. The number of halogens is 1. The first-order valence-electron chi connectivity index (χ1n) is 11.9. The van der Waals surface area contributed by atoms with E-state index in [-0.39, 0.29) is 29.5 Å². The second-order valence-corrected chi connectivity index (χ2v) is 10.4. The van der Waals surface area contributed by atoms with Crippen molar-refractivity contribution in [1.82, 2.24) is 10.2 Å². The van der Waals surface area contributed by atoms with Gasteiger partial charge in [-0.3, -0.25) is 4.90 Å². The molecule has 6 rings (SSSR count). The molecule has 1 amide bonds. The Balaban J connectivity index is 1.35. The first kappa shape index (κ1) is 21.4. The molecule has 2 aromatic rings. The van der Waals surface area contributed by atoms with E-state index in [4.69, 9.17) is 4.74 Å². The summed E-state index contributed by atoms with van der Waals surface area (Å²) in [6, 6.07) is 11.4. The number of amides is 1. The second kappa shape index (κ2) is 8.18. The lowest BCUT2D eigenvalue weighted by Gasteiger charge is -2.44. The SMILES string of the molecule is CCc1ccc(-c2cc3c(cc2F)C(NC(=O)O[C@H]2CN4CCC2CC4)C(C)(C)C3)cc1. The molecule has 5 heteroatoms. The molecule has 3 aliphatic heterocycles. The van der Waals surface area contributed by atoms with Crippen LogP contribution in [0.25, 0.3) is 11.1 Å². The molecule has 0 saturated carbocycles. The molecule has 1 unspecified atom stereocenters. The smallest absolute Gasteiger partial charge is 0.407 e. The van der Waals surface area contributed by atoms with Crippen molar-refractivity contribution < 1.29 is 13.9 Å². The van der Waals surface area contributed by atoms with Crippen molar-refractivity contribution in [1.29, 1.82) is 0 Å². The summed E-state index contributed by atoms with van der Waals surface area (Å²) in [7, 11) is 0. The van der Waals surface area contributed by atoms with Gasteiger partial charge in [-0.05, 0) is 84.5 Å². The fraction of sp³-hybridized carbons (Fsp3) is 0.519. The lowest BCUT2D eigenvalue weighted by Crippen LogP contribution is -2.53. The van der Waals surface area contributed by atoms with E-state index in [1.54, 1.807) is 6.07 Å². The van der Waals surface area contributed by atoms with Crippen LogP contribution in [-0.2, 0) is 17.6 Å². The van der Waals surface area contributed by atoms with E-state index in [1.165, 1.54) is 5.56 Å². The van der Waals surface area contributed by atoms with Crippen LogP contribution in [0.2, 0.25) is 0 Å². The highest BCUT2D eigenvalue weighted by Crippen LogP contribution is 2.47. The minimum Gasteiger partial charge on any atom is -0.445 e. The molecule has 0 aromatic heterocycles. The third kappa shape index (κ3) is 3.92.